The summed E-state index contributed by atoms with van der Waals surface area (Å²) in [5, 5.41) is 10.7. The zero-order valence-corrected chi connectivity index (χ0v) is 8.32. The lowest BCUT2D eigenvalue weighted by molar-refractivity contribution is 0.779. The SMILES string of the molecule is C#CCCCCNc1nncc(C)n1. The van der Waals surface area contributed by atoms with E-state index in [0.29, 0.717) is 5.95 Å². The lowest BCUT2D eigenvalue weighted by Crippen LogP contribution is -2.06. The predicted molar refractivity (Wildman–Crippen MR) is 55.7 cm³/mol. The Balaban J connectivity index is 2.22. The number of hydrogen-bond acceptors (Lipinski definition) is 4. The second-order valence-electron chi connectivity index (χ2n) is 3.01. The fourth-order valence-electron chi connectivity index (χ4n) is 1.01. The third-order valence-electron chi connectivity index (χ3n) is 1.71. The van der Waals surface area contributed by atoms with E-state index in [1.54, 1.807) is 6.20 Å². The van der Waals surface area contributed by atoms with Crippen molar-refractivity contribution in [2.75, 3.05) is 11.9 Å². The van der Waals surface area contributed by atoms with Gasteiger partial charge in [0.2, 0.25) is 5.95 Å². The highest BCUT2D eigenvalue weighted by Gasteiger charge is 1.95. The summed E-state index contributed by atoms with van der Waals surface area (Å²) in [6, 6.07) is 0. The number of nitrogens with zero attached hydrogens (tertiary/aromatic N) is 3. The number of aromatic nitrogens is 3. The van der Waals surface area contributed by atoms with Crippen LogP contribution in [0.4, 0.5) is 5.95 Å². The molecule has 0 unspecified atom stereocenters. The molecule has 0 aromatic carbocycles. The summed E-state index contributed by atoms with van der Waals surface area (Å²) >= 11 is 0. The summed E-state index contributed by atoms with van der Waals surface area (Å²) < 4.78 is 0. The highest BCUT2D eigenvalue weighted by atomic mass is 15.2. The number of terminal acetylenes is 1. The number of nitrogens with one attached hydrogen (secondary N) is 1. The molecule has 1 rings (SSSR count). The Morgan fingerprint density at radius 1 is 1.50 bits per heavy atom. The van der Waals surface area contributed by atoms with Gasteiger partial charge in [0.05, 0.1) is 11.9 Å². The van der Waals surface area contributed by atoms with Crippen molar-refractivity contribution >= 4 is 5.95 Å². The van der Waals surface area contributed by atoms with Crippen molar-refractivity contribution in [1.82, 2.24) is 15.2 Å². The Morgan fingerprint density at radius 3 is 3.07 bits per heavy atom. The van der Waals surface area contributed by atoms with Crippen molar-refractivity contribution in [2.45, 2.75) is 26.2 Å². The van der Waals surface area contributed by atoms with Crippen LogP contribution in [0.2, 0.25) is 0 Å². The van der Waals surface area contributed by atoms with Crippen LogP contribution in [0.25, 0.3) is 0 Å². The van der Waals surface area contributed by atoms with E-state index in [2.05, 4.69) is 26.4 Å². The summed E-state index contributed by atoms with van der Waals surface area (Å²) in [4.78, 5) is 4.17. The smallest absolute Gasteiger partial charge is 0.242 e. The third-order valence-corrected chi connectivity index (χ3v) is 1.71. The number of aryl methyl sites for hydroxylation is 1. The van der Waals surface area contributed by atoms with E-state index in [1.165, 1.54) is 0 Å². The number of hydrogen-bond donors (Lipinski definition) is 1. The molecule has 0 aliphatic carbocycles. The predicted octanol–water partition coefficient (Wildman–Crippen LogP) is 1.40. The molecular weight excluding hydrogens is 176 g/mol. The van der Waals surface area contributed by atoms with E-state index in [0.717, 1.165) is 31.5 Å². The first kappa shape index (κ1) is 10.5. The second-order valence-corrected chi connectivity index (χ2v) is 3.01. The first-order chi connectivity index (χ1) is 6.83. The van der Waals surface area contributed by atoms with Crippen molar-refractivity contribution < 1.29 is 0 Å². The Labute approximate surface area is 84.2 Å². The second kappa shape index (κ2) is 5.92. The minimum atomic E-state index is 0.589. The molecule has 0 bridgehead atoms. The van der Waals surface area contributed by atoms with Gasteiger partial charge in [-0.05, 0) is 19.8 Å². The Hall–Kier alpha value is -1.63. The maximum atomic E-state index is 5.14. The fraction of sp³-hybridized carbons (Fsp3) is 0.500. The first-order valence-corrected chi connectivity index (χ1v) is 4.66. The molecule has 0 saturated heterocycles. The van der Waals surface area contributed by atoms with Gasteiger partial charge in [-0.25, -0.2) is 4.98 Å². The lowest BCUT2D eigenvalue weighted by Gasteiger charge is -2.02. The molecule has 1 aromatic heterocycles. The van der Waals surface area contributed by atoms with E-state index >= 15 is 0 Å². The van der Waals surface area contributed by atoms with Crippen LogP contribution in [0.15, 0.2) is 6.20 Å². The van der Waals surface area contributed by atoms with Crippen LogP contribution in [-0.2, 0) is 0 Å². The van der Waals surface area contributed by atoms with E-state index in [9.17, 15) is 0 Å². The van der Waals surface area contributed by atoms with Gasteiger partial charge in [-0.15, -0.1) is 17.4 Å². The monoisotopic (exact) mass is 190 g/mol. The van der Waals surface area contributed by atoms with E-state index in [4.69, 9.17) is 6.42 Å². The number of rotatable bonds is 5. The molecule has 0 amide bonds. The largest absolute Gasteiger partial charge is 0.353 e. The highest BCUT2D eigenvalue weighted by molar-refractivity contribution is 5.21. The quantitative estimate of drug-likeness (QED) is 0.563. The molecule has 0 atom stereocenters. The van der Waals surface area contributed by atoms with Crippen molar-refractivity contribution in [3.8, 4) is 12.3 Å². The summed E-state index contributed by atoms with van der Waals surface area (Å²) in [5.74, 6) is 3.19. The molecule has 4 nitrogen and oxygen atoms in total. The molecule has 0 aliphatic rings. The van der Waals surface area contributed by atoms with Crippen LogP contribution in [0.5, 0.6) is 0 Å². The van der Waals surface area contributed by atoms with E-state index < -0.39 is 0 Å². The van der Waals surface area contributed by atoms with E-state index in [1.807, 2.05) is 6.92 Å². The Bertz CT molecular complexity index is 316. The van der Waals surface area contributed by atoms with Crippen molar-refractivity contribution in [2.24, 2.45) is 0 Å². The first-order valence-electron chi connectivity index (χ1n) is 4.66. The van der Waals surface area contributed by atoms with Crippen LogP contribution in [0, 0.1) is 19.3 Å². The average molecular weight is 190 g/mol. The molecule has 0 radical (unpaired) electrons. The zero-order chi connectivity index (χ0) is 10.2. The van der Waals surface area contributed by atoms with Crippen molar-refractivity contribution in [3.05, 3.63) is 11.9 Å². The van der Waals surface area contributed by atoms with Crippen LogP contribution < -0.4 is 5.32 Å². The summed E-state index contributed by atoms with van der Waals surface area (Å²) in [5.41, 5.74) is 0.867. The van der Waals surface area contributed by atoms with Gasteiger partial charge in [0.15, 0.2) is 0 Å². The van der Waals surface area contributed by atoms with Crippen molar-refractivity contribution in [1.29, 1.82) is 0 Å². The molecule has 74 valence electrons. The minimum Gasteiger partial charge on any atom is -0.353 e. The third kappa shape index (κ3) is 3.85. The van der Waals surface area contributed by atoms with Crippen LogP contribution in [0.1, 0.15) is 25.0 Å². The molecular formula is C10H14N4. The molecule has 1 aromatic rings. The molecule has 0 saturated carbocycles. The van der Waals surface area contributed by atoms with Gasteiger partial charge in [0.1, 0.15) is 0 Å². The molecule has 4 heteroatoms. The number of unbranched alkanes of at least 4 members (excludes halogenated alkanes) is 2. The maximum Gasteiger partial charge on any atom is 0.242 e. The standard InChI is InChI=1S/C10H14N4/c1-3-4-5-6-7-11-10-13-9(2)8-12-14-10/h1,8H,4-7H2,2H3,(H,11,13,14). The lowest BCUT2D eigenvalue weighted by atomic mass is 10.2. The van der Waals surface area contributed by atoms with Crippen LogP contribution in [0.3, 0.4) is 0 Å². The molecule has 0 fully saturated rings. The summed E-state index contributed by atoms with van der Waals surface area (Å²) in [6.45, 7) is 2.73. The van der Waals surface area contributed by atoms with Gasteiger partial charge in [-0.1, -0.05) is 0 Å². The molecule has 1 N–H and O–H groups in total. The molecule has 14 heavy (non-hydrogen) atoms. The van der Waals surface area contributed by atoms with Crippen molar-refractivity contribution in [3.63, 3.8) is 0 Å². The maximum absolute atomic E-state index is 5.14. The average Bonchev–Trinajstić information content (AvgIpc) is 2.18. The highest BCUT2D eigenvalue weighted by Crippen LogP contribution is 1.98. The zero-order valence-electron chi connectivity index (χ0n) is 8.32. The topological polar surface area (TPSA) is 50.7 Å². The van der Waals surface area contributed by atoms with Crippen LogP contribution in [-0.4, -0.2) is 21.7 Å². The normalized spacial score (nSPS) is 9.43. The molecule has 0 aliphatic heterocycles. The van der Waals surface area contributed by atoms with Gasteiger partial charge >= 0.3 is 0 Å². The number of anilines is 1. The summed E-state index contributed by atoms with van der Waals surface area (Å²) in [6.07, 6.45) is 9.65. The van der Waals surface area contributed by atoms with Gasteiger partial charge < -0.3 is 5.32 Å². The molecule has 0 spiro atoms. The minimum absolute atomic E-state index is 0.589. The van der Waals surface area contributed by atoms with Gasteiger partial charge in [0, 0.05) is 13.0 Å². The van der Waals surface area contributed by atoms with Gasteiger partial charge in [0.25, 0.3) is 0 Å². The molecule has 1 heterocycles. The van der Waals surface area contributed by atoms with Crippen LogP contribution >= 0.6 is 0 Å². The summed E-state index contributed by atoms with van der Waals surface area (Å²) in [7, 11) is 0. The Morgan fingerprint density at radius 2 is 2.36 bits per heavy atom. The van der Waals surface area contributed by atoms with E-state index in [-0.39, 0.29) is 0 Å². The van der Waals surface area contributed by atoms with Gasteiger partial charge in [-0.2, -0.15) is 5.10 Å². The fourth-order valence-corrected chi connectivity index (χ4v) is 1.01. The Kier molecular flexibility index (Phi) is 4.42. The van der Waals surface area contributed by atoms with Gasteiger partial charge in [-0.3, -0.25) is 0 Å².